The number of carbonyl (C=O) groups is 4. The van der Waals surface area contributed by atoms with E-state index < -0.39 is 61.1 Å². The Morgan fingerprint density at radius 2 is 0.935 bits per heavy atom. The zero-order valence-electron chi connectivity index (χ0n) is 24.2. The lowest BCUT2D eigenvalue weighted by Crippen LogP contribution is -2.62. The molecule has 3 unspecified atom stereocenters. The molecule has 1 aliphatic heterocycles. The lowest BCUT2D eigenvalue weighted by molar-refractivity contribution is -0.227. The number of hydrogen-bond donors (Lipinski definition) is 0. The molecule has 232 valence electrons. The van der Waals surface area contributed by atoms with Gasteiger partial charge in [0.25, 0.3) is 0 Å². The minimum Gasteiger partial charge on any atom is -0.459 e. The molecule has 0 N–H and O–H groups in total. The molecule has 4 aromatic rings. The lowest BCUT2D eigenvalue weighted by Gasteiger charge is -2.43. The maximum Gasteiger partial charge on any atom is 0.338 e. The maximum absolute atomic E-state index is 13.4. The molecule has 0 aliphatic carbocycles. The van der Waals surface area contributed by atoms with Crippen LogP contribution < -0.4 is 0 Å². The van der Waals surface area contributed by atoms with Crippen molar-refractivity contribution in [2.45, 2.75) is 30.6 Å². The second-order valence-electron chi connectivity index (χ2n) is 9.94. The van der Waals surface area contributed by atoms with Crippen molar-refractivity contribution in [2.75, 3.05) is 6.61 Å². The van der Waals surface area contributed by atoms with Crippen LogP contribution in [0.2, 0.25) is 0 Å². The van der Waals surface area contributed by atoms with Crippen molar-refractivity contribution < 1.29 is 42.9 Å². The summed E-state index contributed by atoms with van der Waals surface area (Å²) in [5.41, 5.74) is 10.1. The van der Waals surface area contributed by atoms with E-state index >= 15 is 0 Å². The highest BCUT2D eigenvalue weighted by molar-refractivity contribution is 5.91. The van der Waals surface area contributed by atoms with Crippen LogP contribution in [-0.2, 0) is 23.7 Å². The van der Waals surface area contributed by atoms with Crippen LogP contribution >= 0.6 is 0 Å². The molecule has 1 saturated heterocycles. The summed E-state index contributed by atoms with van der Waals surface area (Å²) in [5, 5.41) is 3.66. The lowest BCUT2D eigenvalue weighted by atomic mass is 9.97. The summed E-state index contributed by atoms with van der Waals surface area (Å²) in [6.45, 7) is -0.517. The molecular weight excluding hydrogens is 594 g/mol. The standard InChI is InChI=1S/C34H27N3O9/c35-37-36-30-29(46-34(41)25-19-11-4-12-20-25)28(45-33(40)24-17-9-3-10-18-24)27(44-32(39)23-15-7-2-8-16-23)26(43-30)21-42-31(38)22-13-5-1-6-14-22/h1-20,26-30H,21H2/t26?,27-,28?,29?,30+/m0/s1. The fourth-order valence-electron chi connectivity index (χ4n) is 4.69. The van der Waals surface area contributed by atoms with Gasteiger partial charge in [-0.25, -0.2) is 19.2 Å². The molecule has 1 fully saturated rings. The first-order valence-electron chi connectivity index (χ1n) is 14.1. The SMILES string of the molecule is [N-]=[N+]=N[C@@H]1OC(COC(=O)c2ccccc2)[C@H](OC(=O)c2ccccc2)C(OC(=O)c2ccccc2)C1OC(=O)c1ccccc1. The van der Waals surface area contributed by atoms with E-state index in [4.69, 9.17) is 23.7 Å². The van der Waals surface area contributed by atoms with E-state index in [9.17, 15) is 24.7 Å². The van der Waals surface area contributed by atoms with E-state index in [1.165, 1.54) is 36.4 Å². The van der Waals surface area contributed by atoms with E-state index in [1.807, 2.05) is 0 Å². The van der Waals surface area contributed by atoms with Gasteiger partial charge in [-0.2, -0.15) is 0 Å². The molecule has 0 amide bonds. The van der Waals surface area contributed by atoms with E-state index in [-0.39, 0.29) is 22.3 Å². The highest BCUT2D eigenvalue weighted by Crippen LogP contribution is 2.32. The minimum absolute atomic E-state index is 0.141. The van der Waals surface area contributed by atoms with Crippen molar-refractivity contribution in [2.24, 2.45) is 5.11 Å². The smallest absolute Gasteiger partial charge is 0.338 e. The Labute approximate surface area is 263 Å². The van der Waals surface area contributed by atoms with E-state index in [1.54, 1.807) is 84.9 Å². The zero-order chi connectivity index (χ0) is 32.3. The van der Waals surface area contributed by atoms with E-state index in [2.05, 4.69) is 10.0 Å². The second-order valence-corrected chi connectivity index (χ2v) is 9.94. The summed E-state index contributed by atoms with van der Waals surface area (Å²) in [6.07, 6.45) is -7.61. The van der Waals surface area contributed by atoms with Crippen molar-refractivity contribution >= 4 is 23.9 Å². The van der Waals surface area contributed by atoms with Crippen LogP contribution in [0, 0.1) is 0 Å². The second kappa shape index (κ2) is 15.2. The number of esters is 4. The third-order valence-electron chi connectivity index (χ3n) is 6.92. The normalized spacial score (nSPS) is 20.3. The summed E-state index contributed by atoms with van der Waals surface area (Å²) in [6, 6.07) is 32.0. The Morgan fingerprint density at radius 1 is 0.565 bits per heavy atom. The average molecular weight is 622 g/mol. The zero-order valence-corrected chi connectivity index (χ0v) is 24.2. The van der Waals surface area contributed by atoms with E-state index in [0.717, 1.165) is 0 Å². The van der Waals surface area contributed by atoms with Crippen LogP contribution in [0.25, 0.3) is 10.4 Å². The molecule has 0 spiro atoms. The van der Waals surface area contributed by atoms with E-state index in [0.29, 0.717) is 0 Å². The third kappa shape index (κ3) is 7.75. The van der Waals surface area contributed by atoms with Crippen molar-refractivity contribution in [1.82, 2.24) is 0 Å². The Morgan fingerprint density at radius 3 is 1.35 bits per heavy atom. The fraction of sp³-hybridized carbons (Fsp3) is 0.176. The molecule has 1 aliphatic rings. The number of azide groups is 1. The Balaban J connectivity index is 1.53. The Kier molecular flexibility index (Phi) is 10.4. The van der Waals surface area contributed by atoms with Crippen LogP contribution in [0.1, 0.15) is 41.4 Å². The Bertz CT molecular complexity index is 1700. The van der Waals surface area contributed by atoms with Crippen molar-refractivity contribution in [3.63, 3.8) is 0 Å². The molecule has 0 saturated carbocycles. The molecule has 12 heteroatoms. The van der Waals surface area contributed by atoms with Gasteiger partial charge in [0.05, 0.1) is 22.3 Å². The first kappa shape index (κ1) is 31.5. The molecule has 5 rings (SSSR count). The molecule has 0 bridgehead atoms. The number of hydrogen-bond acceptors (Lipinski definition) is 10. The van der Waals surface area contributed by atoms with Gasteiger partial charge in [-0.15, -0.1) is 0 Å². The van der Waals surface area contributed by atoms with Gasteiger partial charge >= 0.3 is 23.9 Å². The monoisotopic (exact) mass is 621 g/mol. The van der Waals surface area contributed by atoms with Gasteiger partial charge in [-0.05, 0) is 54.1 Å². The average Bonchev–Trinajstić information content (AvgIpc) is 3.11. The largest absolute Gasteiger partial charge is 0.459 e. The number of carbonyl (C=O) groups excluding carboxylic acids is 4. The molecular formula is C34H27N3O9. The highest BCUT2D eigenvalue weighted by Gasteiger charge is 2.53. The van der Waals surface area contributed by atoms with Crippen LogP contribution in [0.3, 0.4) is 0 Å². The fourth-order valence-corrected chi connectivity index (χ4v) is 4.69. The van der Waals surface area contributed by atoms with Gasteiger partial charge in [0, 0.05) is 4.91 Å². The maximum atomic E-state index is 13.4. The van der Waals surface area contributed by atoms with Gasteiger partial charge in [-0.1, -0.05) is 77.9 Å². The van der Waals surface area contributed by atoms with Crippen molar-refractivity contribution in [1.29, 1.82) is 0 Å². The summed E-state index contributed by atoms with van der Waals surface area (Å²) >= 11 is 0. The summed E-state index contributed by atoms with van der Waals surface area (Å²) in [5.74, 6) is -3.25. The van der Waals surface area contributed by atoms with Gasteiger partial charge in [0.1, 0.15) is 12.7 Å². The summed E-state index contributed by atoms with van der Waals surface area (Å²) < 4.78 is 29.0. The van der Waals surface area contributed by atoms with Crippen LogP contribution in [0.15, 0.2) is 126 Å². The topological polar surface area (TPSA) is 163 Å². The molecule has 5 atom stereocenters. The number of ether oxygens (including phenoxy) is 5. The number of rotatable bonds is 10. The number of benzene rings is 4. The van der Waals surface area contributed by atoms with Crippen LogP contribution in [-0.4, -0.2) is 61.1 Å². The van der Waals surface area contributed by atoms with Gasteiger partial charge in [0.2, 0.25) is 0 Å². The van der Waals surface area contributed by atoms with Crippen LogP contribution in [0.5, 0.6) is 0 Å². The molecule has 12 nitrogen and oxygen atoms in total. The minimum atomic E-state index is -1.59. The van der Waals surface area contributed by atoms with Gasteiger partial charge in [0.15, 0.2) is 24.5 Å². The molecule has 46 heavy (non-hydrogen) atoms. The predicted molar refractivity (Wildman–Crippen MR) is 161 cm³/mol. The van der Waals surface area contributed by atoms with Crippen molar-refractivity contribution in [3.05, 3.63) is 154 Å². The van der Waals surface area contributed by atoms with Crippen molar-refractivity contribution in [3.8, 4) is 0 Å². The third-order valence-corrected chi connectivity index (χ3v) is 6.92. The first-order valence-corrected chi connectivity index (χ1v) is 14.1. The quantitative estimate of drug-likeness (QED) is 0.0725. The molecule has 0 aromatic heterocycles. The first-order chi connectivity index (χ1) is 22.4. The Hall–Kier alpha value is -5.97. The molecule has 1 heterocycles. The van der Waals surface area contributed by atoms with Gasteiger partial charge in [-0.3, -0.25) is 0 Å². The van der Waals surface area contributed by atoms with Gasteiger partial charge < -0.3 is 23.7 Å². The molecule has 4 aromatic carbocycles. The molecule has 0 radical (unpaired) electrons. The highest BCUT2D eigenvalue weighted by atomic mass is 16.7. The predicted octanol–water partition coefficient (Wildman–Crippen LogP) is 5.56. The summed E-state index contributed by atoms with van der Waals surface area (Å²) in [7, 11) is 0. The number of nitrogens with zero attached hydrogens (tertiary/aromatic N) is 3. The van der Waals surface area contributed by atoms with Crippen LogP contribution in [0.4, 0.5) is 0 Å². The summed E-state index contributed by atoms with van der Waals surface area (Å²) in [4.78, 5) is 55.7.